The first-order valence-corrected chi connectivity index (χ1v) is 7.18. The number of fused-ring (bicyclic) bond motifs is 1. The fourth-order valence-corrected chi connectivity index (χ4v) is 3.23. The highest BCUT2D eigenvalue weighted by molar-refractivity contribution is 7.12. The Hall–Kier alpha value is -1.85. The van der Waals surface area contributed by atoms with Crippen LogP contribution in [0.2, 0.25) is 0 Å². The number of benzene rings is 1. The van der Waals surface area contributed by atoms with Crippen LogP contribution in [0.15, 0.2) is 24.3 Å². The maximum absolute atomic E-state index is 11.3. The molecule has 1 amide bonds. The summed E-state index contributed by atoms with van der Waals surface area (Å²) < 4.78 is 5.31. The Labute approximate surface area is 121 Å². The van der Waals surface area contributed by atoms with Crippen LogP contribution in [0.3, 0.4) is 0 Å². The predicted octanol–water partition coefficient (Wildman–Crippen LogP) is 2.78. The van der Waals surface area contributed by atoms with E-state index < -0.39 is 6.10 Å². The van der Waals surface area contributed by atoms with Gasteiger partial charge in [0.05, 0.1) is 5.69 Å². The minimum Gasteiger partial charge on any atom is -0.482 e. The first-order chi connectivity index (χ1) is 9.54. The molecule has 0 radical (unpaired) electrons. The lowest BCUT2D eigenvalue weighted by Crippen LogP contribution is -2.25. The minimum absolute atomic E-state index is 0.0399. The molecule has 1 aliphatic heterocycles. The molecule has 1 atom stereocenters. The fourth-order valence-electron chi connectivity index (χ4n) is 2.17. The topological polar surface area (TPSA) is 58.6 Å². The van der Waals surface area contributed by atoms with Crippen molar-refractivity contribution < 1.29 is 14.6 Å². The van der Waals surface area contributed by atoms with Crippen LogP contribution in [-0.4, -0.2) is 17.6 Å². The monoisotopic (exact) mass is 289 g/mol. The molecule has 0 spiro atoms. The van der Waals surface area contributed by atoms with Crippen molar-refractivity contribution in [1.29, 1.82) is 0 Å². The molecule has 0 fully saturated rings. The van der Waals surface area contributed by atoms with E-state index in [0.717, 1.165) is 10.4 Å². The average molecular weight is 289 g/mol. The van der Waals surface area contributed by atoms with E-state index >= 15 is 0 Å². The lowest BCUT2D eigenvalue weighted by atomic mass is 10.1. The van der Waals surface area contributed by atoms with Crippen LogP contribution in [0.1, 0.15) is 27.0 Å². The predicted molar refractivity (Wildman–Crippen MR) is 78.4 cm³/mol. The zero-order chi connectivity index (χ0) is 14.3. The molecule has 1 aromatic carbocycles. The molecule has 104 valence electrons. The van der Waals surface area contributed by atoms with Crippen molar-refractivity contribution in [3.63, 3.8) is 0 Å². The number of carbonyl (C=O) groups is 1. The van der Waals surface area contributed by atoms with Crippen molar-refractivity contribution >= 4 is 22.9 Å². The number of aliphatic hydroxyl groups is 1. The van der Waals surface area contributed by atoms with Crippen molar-refractivity contribution in [2.45, 2.75) is 20.0 Å². The van der Waals surface area contributed by atoms with Crippen LogP contribution in [0.4, 0.5) is 5.69 Å². The molecule has 1 aliphatic rings. The molecule has 2 heterocycles. The second-order valence-corrected chi connectivity index (χ2v) is 6.17. The summed E-state index contributed by atoms with van der Waals surface area (Å²) in [6, 6.07) is 7.37. The van der Waals surface area contributed by atoms with Crippen molar-refractivity contribution in [2.75, 3.05) is 11.9 Å². The van der Waals surface area contributed by atoms with Crippen LogP contribution in [-0.2, 0) is 4.79 Å². The molecule has 0 saturated heterocycles. The first kappa shape index (κ1) is 13.1. The number of rotatable bonds is 2. The molecule has 0 saturated carbocycles. The molecule has 4 nitrogen and oxygen atoms in total. The third kappa shape index (κ3) is 2.30. The van der Waals surface area contributed by atoms with Gasteiger partial charge in [0.1, 0.15) is 11.9 Å². The summed E-state index contributed by atoms with van der Waals surface area (Å²) in [7, 11) is 0. The number of thiophene rings is 1. The highest BCUT2D eigenvalue weighted by Crippen LogP contribution is 2.35. The van der Waals surface area contributed by atoms with Gasteiger partial charge >= 0.3 is 0 Å². The van der Waals surface area contributed by atoms with Crippen molar-refractivity contribution in [1.82, 2.24) is 0 Å². The zero-order valence-electron chi connectivity index (χ0n) is 11.3. The summed E-state index contributed by atoms with van der Waals surface area (Å²) in [6.07, 6.45) is -0.684. The van der Waals surface area contributed by atoms with Gasteiger partial charge in [-0.15, -0.1) is 11.3 Å². The van der Waals surface area contributed by atoms with E-state index in [1.807, 2.05) is 26.0 Å². The van der Waals surface area contributed by atoms with E-state index in [9.17, 15) is 9.90 Å². The van der Waals surface area contributed by atoms with Crippen LogP contribution in [0, 0.1) is 13.8 Å². The summed E-state index contributed by atoms with van der Waals surface area (Å²) in [4.78, 5) is 13.4. The third-order valence-corrected chi connectivity index (χ3v) is 4.61. The summed E-state index contributed by atoms with van der Waals surface area (Å²) >= 11 is 1.59. The second-order valence-electron chi connectivity index (χ2n) is 4.88. The van der Waals surface area contributed by atoms with Gasteiger partial charge in [-0.25, -0.2) is 0 Å². The van der Waals surface area contributed by atoms with Gasteiger partial charge < -0.3 is 15.2 Å². The number of ether oxygens (including phenoxy) is 1. The Morgan fingerprint density at radius 3 is 2.85 bits per heavy atom. The van der Waals surface area contributed by atoms with E-state index in [0.29, 0.717) is 11.4 Å². The highest BCUT2D eigenvalue weighted by Gasteiger charge is 2.19. The quantitative estimate of drug-likeness (QED) is 0.893. The largest absolute Gasteiger partial charge is 0.482 e. The van der Waals surface area contributed by atoms with E-state index in [-0.39, 0.29) is 12.5 Å². The molecule has 2 N–H and O–H groups in total. The Bertz CT molecular complexity index is 658. The Morgan fingerprint density at radius 2 is 2.15 bits per heavy atom. The van der Waals surface area contributed by atoms with Gasteiger partial charge in [-0.3, -0.25) is 4.79 Å². The lowest BCUT2D eigenvalue weighted by Gasteiger charge is -2.19. The van der Waals surface area contributed by atoms with Gasteiger partial charge in [-0.2, -0.15) is 0 Å². The molecule has 2 aromatic rings. The molecule has 0 bridgehead atoms. The van der Waals surface area contributed by atoms with Crippen LogP contribution < -0.4 is 10.1 Å². The van der Waals surface area contributed by atoms with Gasteiger partial charge in [0.2, 0.25) is 0 Å². The maximum atomic E-state index is 11.3. The Morgan fingerprint density at radius 1 is 1.35 bits per heavy atom. The van der Waals surface area contributed by atoms with Gasteiger partial charge in [0.15, 0.2) is 6.61 Å². The first-order valence-electron chi connectivity index (χ1n) is 6.36. The molecular formula is C15H15NO3S. The summed E-state index contributed by atoms with van der Waals surface area (Å²) in [5.41, 5.74) is 2.54. The number of carbonyl (C=O) groups excluding carboxylic acids is 1. The number of aliphatic hydroxyl groups excluding tert-OH is 1. The standard InChI is InChI=1S/C15H15NO3S/c1-8-5-13(20-9(8)2)15(18)10-3-4-12-11(6-10)16-14(17)7-19-12/h3-6,15,18H,7H2,1-2H3,(H,16,17). The van der Waals surface area contributed by atoms with Crippen molar-refractivity contribution in [3.8, 4) is 5.75 Å². The number of hydrogen-bond acceptors (Lipinski definition) is 4. The van der Waals surface area contributed by atoms with E-state index in [1.54, 1.807) is 23.5 Å². The smallest absolute Gasteiger partial charge is 0.262 e. The van der Waals surface area contributed by atoms with E-state index in [4.69, 9.17) is 4.74 Å². The Balaban J connectivity index is 1.94. The molecule has 3 rings (SSSR count). The number of amides is 1. The SMILES string of the molecule is Cc1cc(C(O)c2ccc3c(c2)NC(=O)CO3)sc1C. The number of hydrogen-bond donors (Lipinski definition) is 2. The molecule has 0 aliphatic carbocycles. The van der Waals surface area contributed by atoms with Crippen molar-refractivity contribution in [3.05, 3.63) is 45.1 Å². The maximum Gasteiger partial charge on any atom is 0.262 e. The van der Waals surface area contributed by atoms with Gasteiger partial charge in [-0.05, 0) is 43.2 Å². The summed E-state index contributed by atoms with van der Waals surface area (Å²) in [6.45, 7) is 4.11. The highest BCUT2D eigenvalue weighted by atomic mass is 32.1. The normalized spacial score (nSPS) is 15.2. The van der Waals surface area contributed by atoms with Gasteiger partial charge in [-0.1, -0.05) is 6.07 Å². The molecular weight excluding hydrogens is 274 g/mol. The second kappa shape index (κ2) is 4.92. The van der Waals surface area contributed by atoms with E-state index in [2.05, 4.69) is 5.32 Å². The number of anilines is 1. The molecule has 20 heavy (non-hydrogen) atoms. The van der Waals surface area contributed by atoms with Crippen molar-refractivity contribution in [2.24, 2.45) is 0 Å². The summed E-state index contributed by atoms with van der Waals surface area (Å²) in [5, 5.41) is 13.2. The lowest BCUT2D eigenvalue weighted by molar-refractivity contribution is -0.118. The summed E-state index contributed by atoms with van der Waals surface area (Å²) in [5.74, 6) is 0.464. The third-order valence-electron chi connectivity index (χ3n) is 3.41. The minimum atomic E-state index is -0.684. The number of nitrogens with one attached hydrogen (secondary N) is 1. The van der Waals surface area contributed by atoms with Gasteiger partial charge in [0, 0.05) is 9.75 Å². The average Bonchev–Trinajstić information content (AvgIpc) is 2.77. The zero-order valence-corrected chi connectivity index (χ0v) is 12.1. The number of aryl methyl sites for hydroxylation is 2. The molecule has 5 heteroatoms. The Kier molecular flexibility index (Phi) is 3.23. The van der Waals surface area contributed by atoms with E-state index in [1.165, 1.54) is 10.4 Å². The van der Waals surface area contributed by atoms with Gasteiger partial charge in [0.25, 0.3) is 5.91 Å². The fraction of sp³-hybridized carbons (Fsp3) is 0.267. The van der Waals surface area contributed by atoms with Crippen LogP contribution >= 0.6 is 11.3 Å². The molecule has 1 aromatic heterocycles. The van der Waals surface area contributed by atoms with Crippen LogP contribution in [0.25, 0.3) is 0 Å². The van der Waals surface area contributed by atoms with Crippen LogP contribution in [0.5, 0.6) is 5.75 Å². The molecule has 1 unspecified atom stereocenters.